The van der Waals surface area contributed by atoms with Crippen LogP contribution in [0.5, 0.6) is 0 Å². The molecule has 3 N–H and O–H groups in total. The number of aromatic nitrogens is 1. The number of pyridine rings is 1. The fourth-order valence-electron chi connectivity index (χ4n) is 1.71. The van der Waals surface area contributed by atoms with Crippen molar-refractivity contribution in [3.63, 3.8) is 0 Å². The van der Waals surface area contributed by atoms with Gasteiger partial charge >= 0.3 is 6.18 Å². The van der Waals surface area contributed by atoms with E-state index in [1.165, 1.54) is 6.92 Å². The second-order valence-electron chi connectivity index (χ2n) is 3.87. The number of amidine groups is 1. The highest BCUT2D eigenvalue weighted by atomic mass is 19.4. The van der Waals surface area contributed by atoms with Crippen molar-refractivity contribution in [1.82, 2.24) is 4.98 Å². The first kappa shape index (κ1) is 14.3. The molecule has 0 aliphatic rings. The Bertz CT molecular complexity index is 469. The van der Waals surface area contributed by atoms with Crippen LogP contribution in [0.3, 0.4) is 0 Å². The number of halogens is 3. The van der Waals surface area contributed by atoms with E-state index in [0.717, 1.165) is 6.07 Å². The van der Waals surface area contributed by atoms with Crippen LogP contribution in [-0.4, -0.2) is 16.0 Å². The monoisotopic (exact) mass is 261 g/mol. The van der Waals surface area contributed by atoms with Gasteiger partial charge in [-0.25, -0.2) is 0 Å². The van der Waals surface area contributed by atoms with Crippen LogP contribution in [0, 0.1) is 6.92 Å². The molecule has 0 amide bonds. The average Bonchev–Trinajstić information content (AvgIpc) is 2.26. The Balaban J connectivity index is 3.58. The molecular formula is C11H14F3N3O. The SMILES string of the molecule is CCCc1nc(C)cc(C(F)(F)F)c1/C(N)=N/O. The highest BCUT2D eigenvalue weighted by molar-refractivity contribution is 5.99. The van der Waals surface area contributed by atoms with Gasteiger partial charge in [-0.2, -0.15) is 13.2 Å². The molecular weight excluding hydrogens is 247 g/mol. The van der Waals surface area contributed by atoms with E-state index in [2.05, 4.69) is 10.1 Å². The number of oxime groups is 1. The zero-order valence-corrected chi connectivity index (χ0v) is 10.0. The lowest BCUT2D eigenvalue weighted by molar-refractivity contribution is -0.137. The molecule has 0 saturated heterocycles. The first-order valence-corrected chi connectivity index (χ1v) is 5.36. The van der Waals surface area contributed by atoms with Crippen molar-refractivity contribution in [3.05, 3.63) is 28.6 Å². The molecule has 0 radical (unpaired) electrons. The molecule has 0 aliphatic heterocycles. The van der Waals surface area contributed by atoms with Crippen LogP contribution in [0.25, 0.3) is 0 Å². The molecule has 0 aromatic carbocycles. The lowest BCUT2D eigenvalue weighted by Crippen LogP contribution is -2.23. The van der Waals surface area contributed by atoms with Crippen LogP contribution < -0.4 is 5.73 Å². The summed E-state index contributed by atoms with van der Waals surface area (Å²) in [5.41, 5.74) is 4.52. The van der Waals surface area contributed by atoms with Crippen molar-refractivity contribution >= 4 is 5.84 Å². The van der Waals surface area contributed by atoms with Crippen molar-refractivity contribution in [2.75, 3.05) is 0 Å². The summed E-state index contributed by atoms with van der Waals surface area (Å²) in [6, 6.07) is 0.895. The molecule has 0 bridgehead atoms. The van der Waals surface area contributed by atoms with Gasteiger partial charge in [0.1, 0.15) is 0 Å². The van der Waals surface area contributed by atoms with Crippen LogP contribution in [0.1, 0.15) is 35.9 Å². The summed E-state index contributed by atoms with van der Waals surface area (Å²) in [6.45, 7) is 3.29. The maximum Gasteiger partial charge on any atom is 0.417 e. The second kappa shape index (κ2) is 5.24. The van der Waals surface area contributed by atoms with Gasteiger partial charge in [0, 0.05) is 5.69 Å². The van der Waals surface area contributed by atoms with E-state index in [-0.39, 0.29) is 17.0 Å². The Morgan fingerprint density at radius 1 is 1.50 bits per heavy atom. The second-order valence-corrected chi connectivity index (χ2v) is 3.87. The van der Waals surface area contributed by atoms with Crippen LogP contribution >= 0.6 is 0 Å². The number of nitrogens with zero attached hydrogens (tertiary/aromatic N) is 2. The highest BCUT2D eigenvalue weighted by Gasteiger charge is 2.36. The van der Waals surface area contributed by atoms with Gasteiger partial charge in [-0.15, -0.1) is 0 Å². The van der Waals surface area contributed by atoms with E-state index in [0.29, 0.717) is 12.8 Å². The van der Waals surface area contributed by atoms with Gasteiger partial charge in [0.2, 0.25) is 0 Å². The molecule has 100 valence electrons. The molecule has 1 rings (SSSR count). The fourth-order valence-corrected chi connectivity index (χ4v) is 1.71. The Hall–Kier alpha value is -1.79. The lowest BCUT2D eigenvalue weighted by Gasteiger charge is -2.16. The standard InChI is InChI=1S/C11H14F3N3O/c1-3-4-8-9(10(15)17-18)7(11(12,13)14)5-6(2)16-8/h5,18H,3-4H2,1-2H3,(H2,15,17). The molecule has 7 heteroatoms. The number of hydrogen-bond donors (Lipinski definition) is 2. The Morgan fingerprint density at radius 2 is 2.11 bits per heavy atom. The Labute approximate surface area is 102 Å². The van der Waals surface area contributed by atoms with Crippen molar-refractivity contribution in [3.8, 4) is 0 Å². The van der Waals surface area contributed by atoms with E-state index >= 15 is 0 Å². The van der Waals surface area contributed by atoms with Gasteiger partial charge in [0.25, 0.3) is 0 Å². The Morgan fingerprint density at radius 3 is 2.56 bits per heavy atom. The zero-order chi connectivity index (χ0) is 13.9. The minimum Gasteiger partial charge on any atom is -0.409 e. The molecule has 18 heavy (non-hydrogen) atoms. The predicted octanol–water partition coefficient (Wildman–Crippen LogP) is 2.46. The van der Waals surface area contributed by atoms with Crippen molar-refractivity contribution in [2.24, 2.45) is 10.9 Å². The summed E-state index contributed by atoms with van der Waals surface area (Å²) < 4.78 is 38.8. The Kier molecular flexibility index (Phi) is 4.15. The largest absolute Gasteiger partial charge is 0.417 e. The third-order valence-corrected chi connectivity index (χ3v) is 2.38. The molecule has 1 heterocycles. The summed E-state index contributed by atoms with van der Waals surface area (Å²) in [6.07, 6.45) is -3.63. The van der Waals surface area contributed by atoms with E-state index in [9.17, 15) is 13.2 Å². The number of rotatable bonds is 3. The molecule has 0 atom stereocenters. The normalized spacial score (nSPS) is 12.8. The minimum absolute atomic E-state index is 0.195. The summed E-state index contributed by atoms with van der Waals surface area (Å²) in [4.78, 5) is 4.03. The smallest absolute Gasteiger partial charge is 0.409 e. The van der Waals surface area contributed by atoms with Crippen molar-refractivity contribution in [1.29, 1.82) is 0 Å². The van der Waals surface area contributed by atoms with Crippen LogP contribution in [0.4, 0.5) is 13.2 Å². The number of alkyl halides is 3. The summed E-state index contributed by atoms with van der Waals surface area (Å²) in [7, 11) is 0. The molecule has 1 aromatic rings. The van der Waals surface area contributed by atoms with Gasteiger partial charge in [-0.05, 0) is 19.4 Å². The van der Waals surface area contributed by atoms with Gasteiger partial charge in [-0.1, -0.05) is 18.5 Å². The third kappa shape index (κ3) is 2.91. The summed E-state index contributed by atoms with van der Waals surface area (Å²) >= 11 is 0. The van der Waals surface area contributed by atoms with Crippen LogP contribution in [0.15, 0.2) is 11.2 Å². The minimum atomic E-state index is -4.57. The first-order valence-electron chi connectivity index (χ1n) is 5.36. The molecule has 0 fully saturated rings. The number of nitrogens with two attached hydrogens (primary N) is 1. The number of hydrogen-bond acceptors (Lipinski definition) is 3. The molecule has 0 unspecified atom stereocenters. The average molecular weight is 261 g/mol. The predicted molar refractivity (Wildman–Crippen MR) is 60.5 cm³/mol. The van der Waals surface area contributed by atoms with E-state index in [4.69, 9.17) is 10.9 Å². The third-order valence-electron chi connectivity index (χ3n) is 2.38. The van der Waals surface area contributed by atoms with Gasteiger partial charge in [0.05, 0.1) is 16.8 Å². The van der Waals surface area contributed by atoms with E-state index in [1.54, 1.807) is 0 Å². The van der Waals surface area contributed by atoms with Crippen molar-refractivity contribution in [2.45, 2.75) is 32.9 Å². The van der Waals surface area contributed by atoms with Crippen LogP contribution in [0.2, 0.25) is 0 Å². The topological polar surface area (TPSA) is 71.5 Å². The van der Waals surface area contributed by atoms with Gasteiger partial charge in [0.15, 0.2) is 5.84 Å². The zero-order valence-electron chi connectivity index (χ0n) is 10.0. The van der Waals surface area contributed by atoms with Gasteiger partial charge < -0.3 is 10.9 Å². The molecule has 0 aliphatic carbocycles. The molecule has 0 saturated carbocycles. The van der Waals surface area contributed by atoms with E-state index in [1.807, 2.05) is 6.92 Å². The first-order chi connectivity index (χ1) is 8.31. The maximum atomic E-state index is 12.9. The molecule has 1 aromatic heterocycles. The van der Waals surface area contributed by atoms with Crippen molar-refractivity contribution < 1.29 is 18.4 Å². The maximum absolute atomic E-state index is 12.9. The van der Waals surface area contributed by atoms with Gasteiger partial charge in [-0.3, -0.25) is 4.98 Å². The molecule has 4 nitrogen and oxygen atoms in total. The molecule has 0 spiro atoms. The fraction of sp³-hybridized carbons (Fsp3) is 0.455. The summed E-state index contributed by atoms with van der Waals surface area (Å²) in [5, 5.41) is 11.3. The number of aryl methyl sites for hydroxylation is 2. The van der Waals surface area contributed by atoms with E-state index < -0.39 is 17.6 Å². The summed E-state index contributed by atoms with van der Waals surface area (Å²) in [5.74, 6) is -0.571. The van der Waals surface area contributed by atoms with Crippen LogP contribution in [-0.2, 0) is 12.6 Å². The highest BCUT2D eigenvalue weighted by Crippen LogP contribution is 2.33. The lowest BCUT2D eigenvalue weighted by atomic mass is 10.0. The quantitative estimate of drug-likeness (QED) is 0.380.